The van der Waals surface area contributed by atoms with E-state index in [2.05, 4.69) is 51.4 Å². The molecule has 1 aliphatic carbocycles. The van der Waals surface area contributed by atoms with Crippen LogP contribution in [0, 0.1) is 0 Å². The van der Waals surface area contributed by atoms with Gasteiger partial charge in [-0.05, 0) is 23.6 Å². The summed E-state index contributed by atoms with van der Waals surface area (Å²) >= 11 is 6.17. The van der Waals surface area contributed by atoms with Crippen molar-refractivity contribution in [2.24, 2.45) is 0 Å². The minimum atomic E-state index is -0.763. The number of fused-ring (bicyclic) bond motifs is 1. The molecule has 1 fully saturated rings. The minimum absolute atomic E-state index is 0.0924. The van der Waals surface area contributed by atoms with E-state index < -0.39 is 5.79 Å². The Hall–Kier alpha value is -3.06. The second kappa shape index (κ2) is 7.81. The summed E-state index contributed by atoms with van der Waals surface area (Å²) in [5.41, 5.74) is 3.57. The second-order valence-electron chi connectivity index (χ2n) is 8.16. The molecule has 2 aromatic heterocycles. The number of allylic oxidation sites excluding steroid dienone is 1. The first-order valence-electron chi connectivity index (χ1n) is 10.7. The highest BCUT2D eigenvalue weighted by Gasteiger charge is 2.48. The van der Waals surface area contributed by atoms with Gasteiger partial charge in [0.1, 0.15) is 24.1 Å². The molecule has 3 atom stereocenters. The molecule has 2 aliphatic rings. The highest BCUT2D eigenvalue weighted by atomic mass is 35.5. The molecular formula is C25H21ClN4O2. The van der Waals surface area contributed by atoms with Crippen molar-refractivity contribution in [1.82, 2.24) is 19.5 Å². The molecule has 160 valence electrons. The van der Waals surface area contributed by atoms with Gasteiger partial charge in [-0.15, -0.1) is 0 Å². The van der Waals surface area contributed by atoms with Crippen LogP contribution in [-0.4, -0.2) is 25.3 Å². The fourth-order valence-corrected chi connectivity index (χ4v) is 4.81. The summed E-state index contributed by atoms with van der Waals surface area (Å²) in [6, 6.07) is 20.7. The standard InChI is InChI=1S/C25H21ClN4O2/c26-23-20-24(28-15-27-23)30(16-29-20)19-11-13-25(14-12-19)31-21(17-7-3-1-4-8-17)22(32-25)18-9-5-2-6-10-18/h1-11,13,15-16,19,21-22H,12,14H2/t19-,21-,22-/m1/s1. The lowest BCUT2D eigenvalue weighted by molar-refractivity contribution is -0.147. The molecule has 0 radical (unpaired) electrons. The number of hydrogen-bond acceptors (Lipinski definition) is 5. The number of halogens is 1. The largest absolute Gasteiger partial charge is 0.335 e. The maximum absolute atomic E-state index is 6.63. The van der Waals surface area contributed by atoms with Gasteiger partial charge in [0, 0.05) is 6.42 Å². The van der Waals surface area contributed by atoms with E-state index in [9.17, 15) is 0 Å². The van der Waals surface area contributed by atoms with E-state index in [0.717, 1.165) is 29.6 Å². The molecule has 7 heteroatoms. The van der Waals surface area contributed by atoms with E-state index in [-0.39, 0.29) is 18.2 Å². The molecule has 0 N–H and O–H groups in total. The van der Waals surface area contributed by atoms with Crippen LogP contribution in [0.3, 0.4) is 0 Å². The molecule has 4 aromatic rings. The Labute approximate surface area is 190 Å². The topological polar surface area (TPSA) is 62.1 Å². The first kappa shape index (κ1) is 19.6. The predicted octanol–water partition coefficient (Wildman–Crippen LogP) is 5.60. The van der Waals surface area contributed by atoms with Crippen LogP contribution in [-0.2, 0) is 9.47 Å². The number of rotatable bonds is 3. The van der Waals surface area contributed by atoms with Gasteiger partial charge < -0.3 is 14.0 Å². The van der Waals surface area contributed by atoms with E-state index >= 15 is 0 Å². The number of hydrogen-bond donors (Lipinski definition) is 0. The zero-order valence-corrected chi connectivity index (χ0v) is 18.0. The third-order valence-electron chi connectivity index (χ3n) is 6.22. The lowest BCUT2D eigenvalue weighted by Crippen LogP contribution is -2.32. The van der Waals surface area contributed by atoms with Crippen molar-refractivity contribution in [3.8, 4) is 0 Å². The fraction of sp³-hybridized carbons (Fsp3) is 0.240. The summed E-state index contributed by atoms with van der Waals surface area (Å²) in [5.74, 6) is -0.763. The van der Waals surface area contributed by atoms with Crippen molar-refractivity contribution in [2.45, 2.75) is 36.9 Å². The maximum atomic E-state index is 6.63. The van der Waals surface area contributed by atoms with Crippen LogP contribution in [0.1, 0.15) is 42.2 Å². The minimum Gasteiger partial charge on any atom is -0.335 e. The second-order valence-corrected chi connectivity index (χ2v) is 8.52. The van der Waals surface area contributed by atoms with Crippen molar-refractivity contribution in [3.05, 3.63) is 102 Å². The molecule has 6 nitrogen and oxygen atoms in total. The van der Waals surface area contributed by atoms with Gasteiger partial charge in [-0.25, -0.2) is 15.0 Å². The molecule has 3 heterocycles. The number of imidazole rings is 1. The zero-order valence-electron chi connectivity index (χ0n) is 17.2. The van der Waals surface area contributed by atoms with E-state index in [1.54, 1.807) is 6.33 Å². The molecule has 1 spiro atoms. The Bertz CT molecular complexity index is 1230. The van der Waals surface area contributed by atoms with E-state index in [0.29, 0.717) is 10.7 Å². The SMILES string of the molecule is Clc1ncnc2c1ncn2[C@@H]1C=CC2(CC1)O[C@H](c1ccccc1)[C@@H](c1ccccc1)O2. The number of ether oxygens (including phenoxy) is 2. The first-order chi connectivity index (χ1) is 15.7. The molecule has 0 bridgehead atoms. The number of aromatic nitrogens is 4. The molecule has 32 heavy (non-hydrogen) atoms. The van der Waals surface area contributed by atoms with Crippen LogP contribution < -0.4 is 0 Å². The Morgan fingerprint density at radius 2 is 1.53 bits per heavy atom. The van der Waals surface area contributed by atoms with E-state index in [1.165, 1.54) is 6.33 Å². The lowest BCUT2D eigenvalue weighted by Gasteiger charge is -2.31. The van der Waals surface area contributed by atoms with Gasteiger partial charge in [-0.1, -0.05) is 78.3 Å². The summed E-state index contributed by atoms with van der Waals surface area (Å²) in [5, 5.41) is 0.365. The Morgan fingerprint density at radius 3 is 2.12 bits per heavy atom. The van der Waals surface area contributed by atoms with Gasteiger partial charge in [0.25, 0.3) is 0 Å². The van der Waals surface area contributed by atoms with Gasteiger partial charge in [0.15, 0.2) is 16.6 Å². The molecule has 0 saturated carbocycles. The third-order valence-corrected chi connectivity index (χ3v) is 6.49. The van der Waals surface area contributed by atoms with Crippen molar-refractivity contribution in [1.29, 1.82) is 0 Å². The number of benzene rings is 2. The molecule has 0 unspecified atom stereocenters. The van der Waals surface area contributed by atoms with Crippen molar-refractivity contribution in [2.75, 3.05) is 0 Å². The molecular weight excluding hydrogens is 424 g/mol. The first-order valence-corrected chi connectivity index (χ1v) is 11.1. The zero-order chi connectivity index (χ0) is 21.5. The van der Waals surface area contributed by atoms with Gasteiger partial charge in [0.05, 0.1) is 12.4 Å². The smallest absolute Gasteiger partial charge is 0.189 e. The molecule has 1 aliphatic heterocycles. The molecule has 2 aromatic carbocycles. The summed E-state index contributed by atoms with van der Waals surface area (Å²) in [6.45, 7) is 0. The van der Waals surface area contributed by atoms with Crippen LogP contribution in [0.15, 0.2) is 85.5 Å². The average molecular weight is 445 g/mol. The summed E-state index contributed by atoms with van der Waals surface area (Å²) in [6.07, 6.45) is 8.60. The Kier molecular flexibility index (Phi) is 4.79. The number of nitrogens with zero attached hydrogens (tertiary/aromatic N) is 4. The monoisotopic (exact) mass is 444 g/mol. The summed E-state index contributed by atoms with van der Waals surface area (Å²) in [4.78, 5) is 12.8. The Balaban J connectivity index is 1.32. The quantitative estimate of drug-likeness (QED) is 0.304. The van der Waals surface area contributed by atoms with Crippen molar-refractivity contribution >= 4 is 22.8 Å². The van der Waals surface area contributed by atoms with E-state index in [1.807, 2.05) is 41.0 Å². The average Bonchev–Trinajstić information content (AvgIpc) is 3.44. The molecule has 6 rings (SSSR count). The van der Waals surface area contributed by atoms with Gasteiger partial charge in [-0.2, -0.15) is 0 Å². The van der Waals surface area contributed by atoms with Gasteiger partial charge >= 0.3 is 0 Å². The summed E-state index contributed by atoms with van der Waals surface area (Å²) in [7, 11) is 0. The van der Waals surface area contributed by atoms with Crippen LogP contribution in [0.4, 0.5) is 0 Å². The van der Waals surface area contributed by atoms with Gasteiger partial charge in [0.2, 0.25) is 0 Å². The fourth-order valence-electron chi connectivity index (χ4n) is 4.63. The van der Waals surface area contributed by atoms with Crippen LogP contribution in [0.2, 0.25) is 5.15 Å². The van der Waals surface area contributed by atoms with E-state index in [4.69, 9.17) is 21.1 Å². The highest BCUT2D eigenvalue weighted by molar-refractivity contribution is 6.33. The van der Waals surface area contributed by atoms with Crippen LogP contribution in [0.5, 0.6) is 0 Å². The highest BCUT2D eigenvalue weighted by Crippen LogP contribution is 2.51. The van der Waals surface area contributed by atoms with Crippen LogP contribution >= 0.6 is 11.6 Å². The van der Waals surface area contributed by atoms with Crippen LogP contribution in [0.25, 0.3) is 11.2 Å². The molecule has 0 amide bonds. The molecule has 1 saturated heterocycles. The third kappa shape index (κ3) is 3.32. The van der Waals surface area contributed by atoms with Crippen molar-refractivity contribution < 1.29 is 9.47 Å². The van der Waals surface area contributed by atoms with Crippen molar-refractivity contribution in [3.63, 3.8) is 0 Å². The normalized spacial score (nSPS) is 24.3. The Morgan fingerprint density at radius 1 is 0.875 bits per heavy atom. The predicted molar refractivity (Wildman–Crippen MR) is 121 cm³/mol. The maximum Gasteiger partial charge on any atom is 0.189 e. The van der Waals surface area contributed by atoms with Gasteiger partial charge in [-0.3, -0.25) is 0 Å². The lowest BCUT2D eigenvalue weighted by atomic mass is 9.97. The summed E-state index contributed by atoms with van der Waals surface area (Å²) < 4.78 is 15.3.